The lowest BCUT2D eigenvalue weighted by Crippen LogP contribution is -2.41. The molecular weight excluding hydrogens is 329 g/mol. The predicted octanol–water partition coefficient (Wildman–Crippen LogP) is 2.34. The summed E-state index contributed by atoms with van der Waals surface area (Å²) in [4.78, 5) is 11.9. The average molecular weight is 348 g/mol. The second-order valence-electron chi connectivity index (χ2n) is 5.25. The summed E-state index contributed by atoms with van der Waals surface area (Å²) in [6.45, 7) is -0.0459. The highest BCUT2D eigenvalue weighted by Crippen LogP contribution is 2.18. The minimum atomic E-state index is -4.35. The Kier molecular flexibility index (Phi) is 6.59. The molecule has 0 aromatic heterocycles. The Labute approximate surface area is 137 Å². The van der Waals surface area contributed by atoms with Gasteiger partial charge < -0.3 is 15.4 Å². The second-order valence-corrected chi connectivity index (χ2v) is 6.40. The standard InChI is InChI=1S/C15H19F3N2O2S/c16-15(17,18)10-22-13-3-1-11(2-4-13)8-20-14(21)7-12-9-23-6-5-19-12/h1-4,12,19H,5-10H2,(H,20,21). The minimum Gasteiger partial charge on any atom is -0.484 e. The van der Waals surface area contributed by atoms with Crippen LogP contribution in [-0.2, 0) is 11.3 Å². The number of rotatable bonds is 6. The van der Waals surface area contributed by atoms with Gasteiger partial charge in [0.25, 0.3) is 0 Å². The van der Waals surface area contributed by atoms with Gasteiger partial charge in [-0.15, -0.1) is 0 Å². The van der Waals surface area contributed by atoms with Crippen molar-refractivity contribution in [3.63, 3.8) is 0 Å². The van der Waals surface area contributed by atoms with Gasteiger partial charge in [-0.25, -0.2) is 0 Å². The van der Waals surface area contributed by atoms with Gasteiger partial charge in [-0.05, 0) is 17.7 Å². The van der Waals surface area contributed by atoms with E-state index in [1.54, 1.807) is 12.1 Å². The van der Waals surface area contributed by atoms with Crippen molar-refractivity contribution in [1.29, 1.82) is 0 Å². The average Bonchev–Trinajstić information content (AvgIpc) is 2.52. The zero-order valence-electron chi connectivity index (χ0n) is 12.5. The van der Waals surface area contributed by atoms with E-state index >= 15 is 0 Å². The lowest BCUT2D eigenvalue weighted by Gasteiger charge is -2.22. The second kappa shape index (κ2) is 8.44. The summed E-state index contributed by atoms with van der Waals surface area (Å²) < 4.78 is 40.8. The predicted molar refractivity (Wildman–Crippen MR) is 83.6 cm³/mol. The maximum atomic E-state index is 12.0. The zero-order valence-corrected chi connectivity index (χ0v) is 13.3. The molecule has 1 aliphatic rings. The van der Waals surface area contributed by atoms with E-state index in [-0.39, 0.29) is 17.7 Å². The number of nitrogens with one attached hydrogen (secondary N) is 2. The van der Waals surface area contributed by atoms with E-state index in [1.807, 2.05) is 11.8 Å². The van der Waals surface area contributed by atoms with Crippen molar-refractivity contribution in [2.45, 2.75) is 25.2 Å². The summed E-state index contributed by atoms with van der Waals surface area (Å²) in [7, 11) is 0. The van der Waals surface area contributed by atoms with Crippen LogP contribution in [0, 0.1) is 0 Å². The van der Waals surface area contributed by atoms with Crippen LogP contribution in [0.1, 0.15) is 12.0 Å². The lowest BCUT2D eigenvalue weighted by atomic mass is 10.2. The van der Waals surface area contributed by atoms with Crippen LogP contribution in [-0.4, -0.2) is 42.8 Å². The number of alkyl halides is 3. The fourth-order valence-electron chi connectivity index (χ4n) is 2.12. The Hall–Kier alpha value is -1.41. The molecule has 8 heteroatoms. The third-order valence-corrected chi connectivity index (χ3v) is 4.38. The Balaban J connectivity index is 1.71. The first-order valence-corrected chi connectivity index (χ1v) is 8.44. The van der Waals surface area contributed by atoms with Gasteiger partial charge in [0.15, 0.2) is 6.61 Å². The van der Waals surface area contributed by atoms with E-state index in [9.17, 15) is 18.0 Å². The Morgan fingerprint density at radius 2 is 2.09 bits per heavy atom. The molecule has 2 N–H and O–H groups in total. The van der Waals surface area contributed by atoms with Crippen LogP contribution >= 0.6 is 11.8 Å². The summed E-state index contributed by atoms with van der Waals surface area (Å²) in [5.74, 6) is 2.11. The molecule has 4 nitrogen and oxygen atoms in total. The third-order valence-electron chi connectivity index (χ3n) is 3.25. The summed E-state index contributed by atoms with van der Waals surface area (Å²) in [6, 6.07) is 6.41. The fourth-order valence-corrected chi connectivity index (χ4v) is 3.07. The van der Waals surface area contributed by atoms with Crippen LogP contribution in [0.15, 0.2) is 24.3 Å². The third kappa shape index (κ3) is 7.13. The molecule has 1 saturated heterocycles. The molecule has 1 fully saturated rings. The Bertz CT molecular complexity index is 502. The fraction of sp³-hybridized carbons (Fsp3) is 0.533. The molecule has 0 radical (unpaired) electrons. The number of benzene rings is 1. The van der Waals surface area contributed by atoms with Crippen molar-refractivity contribution in [2.24, 2.45) is 0 Å². The van der Waals surface area contributed by atoms with Crippen molar-refractivity contribution in [2.75, 3.05) is 24.7 Å². The number of carbonyl (C=O) groups is 1. The molecule has 0 bridgehead atoms. The SMILES string of the molecule is O=C(CC1CSCCN1)NCc1ccc(OCC(F)(F)F)cc1. The zero-order chi connectivity index (χ0) is 16.7. The molecule has 1 aliphatic heterocycles. The molecule has 2 rings (SSSR count). The first-order chi connectivity index (χ1) is 10.9. The van der Waals surface area contributed by atoms with E-state index in [1.165, 1.54) is 12.1 Å². The first kappa shape index (κ1) is 17.9. The normalized spacial score (nSPS) is 18.5. The topological polar surface area (TPSA) is 50.4 Å². The molecule has 0 saturated carbocycles. The molecule has 128 valence electrons. The minimum absolute atomic E-state index is 0.0394. The molecule has 0 aliphatic carbocycles. The van der Waals surface area contributed by atoms with Gasteiger partial charge in [0.05, 0.1) is 0 Å². The van der Waals surface area contributed by atoms with Crippen LogP contribution in [0.4, 0.5) is 13.2 Å². The first-order valence-electron chi connectivity index (χ1n) is 7.29. The maximum Gasteiger partial charge on any atom is 0.422 e. The largest absolute Gasteiger partial charge is 0.484 e. The van der Waals surface area contributed by atoms with E-state index in [0.717, 1.165) is 23.6 Å². The summed E-state index contributed by atoms with van der Waals surface area (Å²) in [5.41, 5.74) is 0.809. The molecule has 0 spiro atoms. The van der Waals surface area contributed by atoms with Crippen molar-refractivity contribution in [1.82, 2.24) is 10.6 Å². The number of thioether (sulfide) groups is 1. The molecule has 1 aromatic rings. The number of ether oxygens (including phenoxy) is 1. The van der Waals surface area contributed by atoms with Gasteiger partial charge >= 0.3 is 6.18 Å². The van der Waals surface area contributed by atoms with Gasteiger partial charge in [0.2, 0.25) is 5.91 Å². The number of halogens is 3. The Morgan fingerprint density at radius 3 is 2.70 bits per heavy atom. The maximum absolute atomic E-state index is 12.0. The van der Waals surface area contributed by atoms with Gasteiger partial charge in [0, 0.05) is 37.1 Å². The molecular formula is C15H19F3N2O2S. The van der Waals surface area contributed by atoms with E-state index < -0.39 is 12.8 Å². The Morgan fingerprint density at radius 1 is 1.35 bits per heavy atom. The number of amides is 1. The van der Waals surface area contributed by atoms with Crippen molar-refractivity contribution < 1.29 is 22.7 Å². The van der Waals surface area contributed by atoms with Gasteiger partial charge in [0.1, 0.15) is 5.75 Å². The highest BCUT2D eigenvalue weighted by atomic mass is 32.2. The van der Waals surface area contributed by atoms with Crippen LogP contribution in [0.25, 0.3) is 0 Å². The molecule has 1 heterocycles. The molecule has 1 unspecified atom stereocenters. The van der Waals surface area contributed by atoms with Crippen molar-refractivity contribution in [3.05, 3.63) is 29.8 Å². The lowest BCUT2D eigenvalue weighted by molar-refractivity contribution is -0.153. The van der Waals surface area contributed by atoms with E-state index in [2.05, 4.69) is 15.4 Å². The van der Waals surface area contributed by atoms with Crippen LogP contribution in [0.2, 0.25) is 0 Å². The summed E-state index contributed by atoms with van der Waals surface area (Å²) in [5, 5.41) is 6.10. The molecule has 1 atom stereocenters. The number of hydrogen-bond donors (Lipinski definition) is 2. The molecule has 1 amide bonds. The van der Waals surface area contributed by atoms with Gasteiger partial charge in [-0.1, -0.05) is 12.1 Å². The highest BCUT2D eigenvalue weighted by Gasteiger charge is 2.28. The smallest absolute Gasteiger partial charge is 0.422 e. The summed E-state index contributed by atoms with van der Waals surface area (Å²) >= 11 is 1.83. The van der Waals surface area contributed by atoms with Crippen LogP contribution < -0.4 is 15.4 Å². The summed E-state index contributed by atoms with van der Waals surface area (Å²) in [6.07, 6.45) is -3.92. The highest BCUT2D eigenvalue weighted by molar-refractivity contribution is 7.99. The van der Waals surface area contributed by atoms with E-state index in [4.69, 9.17) is 0 Å². The number of hydrogen-bond acceptors (Lipinski definition) is 4. The van der Waals surface area contributed by atoms with Crippen molar-refractivity contribution in [3.8, 4) is 5.75 Å². The molecule has 1 aromatic carbocycles. The van der Waals surface area contributed by atoms with Gasteiger partial charge in [-0.3, -0.25) is 4.79 Å². The van der Waals surface area contributed by atoms with Gasteiger partial charge in [-0.2, -0.15) is 24.9 Å². The quantitative estimate of drug-likeness (QED) is 0.829. The monoisotopic (exact) mass is 348 g/mol. The van der Waals surface area contributed by atoms with E-state index in [0.29, 0.717) is 13.0 Å². The van der Waals surface area contributed by atoms with Crippen molar-refractivity contribution >= 4 is 17.7 Å². The number of carbonyl (C=O) groups excluding carboxylic acids is 1. The van der Waals surface area contributed by atoms with Crippen LogP contribution in [0.3, 0.4) is 0 Å². The van der Waals surface area contributed by atoms with Crippen LogP contribution in [0.5, 0.6) is 5.75 Å². The molecule has 23 heavy (non-hydrogen) atoms.